The minimum atomic E-state index is -0.306. The average molecular weight is 413 g/mol. The number of hydrogen-bond donors (Lipinski definition) is 0. The number of rotatable bonds is 4. The molecule has 1 saturated heterocycles. The molecule has 0 atom stereocenters. The summed E-state index contributed by atoms with van der Waals surface area (Å²) in [4.78, 5) is 26.4. The summed E-state index contributed by atoms with van der Waals surface area (Å²) in [7, 11) is 1.82. The number of carbonyl (C=O) groups is 1. The zero-order valence-electron chi connectivity index (χ0n) is 17.3. The highest BCUT2D eigenvalue weighted by atomic mass is 16.2. The lowest BCUT2D eigenvalue weighted by Crippen LogP contribution is -2.50. The first kappa shape index (κ1) is 19.2. The van der Waals surface area contributed by atoms with Crippen molar-refractivity contribution in [1.29, 1.82) is 0 Å². The maximum absolute atomic E-state index is 13.6. The number of benzene rings is 2. The number of aromatic nitrogens is 5. The quantitative estimate of drug-likeness (QED) is 0.511. The van der Waals surface area contributed by atoms with Gasteiger partial charge in [0.05, 0.1) is 5.92 Å². The summed E-state index contributed by atoms with van der Waals surface area (Å²) in [5, 5.41) is 8.28. The fourth-order valence-corrected chi connectivity index (χ4v) is 4.16. The Balaban J connectivity index is 1.37. The number of aryl methyl sites for hydroxylation is 1. The Morgan fingerprint density at radius 1 is 0.871 bits per heavy atom. The SMILES string of the molecule is Cn1nnc2c(N3CCN(C(=O)C(c4ccccc4)c4ccccc4)CC3)ncnc21. The van der Waals surface area contributed by atoms with E-state index in [2.05, 4.69) is 25.2 Å². The molecule has 0 bridgehead atoms. The van der Waals surface area contributed by atoms with E-state index >= 15 is 0 Å². The Labute approximate surface area is 180 Å². The molecule has 0 N–H and O–H groups in total. The van der Waals surface area contributed by atoms with Crippen molar-refractivity contribution in [3.63, 3.8) is 0 Å². The van der Waals surface area contributed by atoms with Crippen molar-refractivity contribution in [1.82, 2.24) is 29.9 Å². The standard InChI is InChI=1S/C23H23N7O/c1-28-21-20(26-27-28)22(25-16-24-21)29-12-14-30(15-13-29)23(31)19(17-8-4-2-5-9-17)18-10-6-3-7-11-18/h2-11,16,19H,12-15H2,1H3. The van der Waals surface area contributed by atoms with Crippen LogP contribution < -0.4 is 4.90 Å². The van der Waals surface area contributed by atoms with E-state index in [9.17, 15) is 4.79 Å². The first-order valence-electron chi connectivity index (χ1n) is 10.4. The minimum absolute atomic E-state index is 0.129. The van der Waals surface area contributed by atoms with E-state index in [0.717, 1.165) is 16.9 Å². The van der Waals surface area contributed by atoms with Crippen molar-refractivity contribution >= 4 is 22.9 Å². The Morgan fingerprint density at radius 3 is 2.10 bits per heavy atom. The Morgan fingerprint density at radius 2 is 1.48 bits per heavy atom. The van der Waals surface area contributed by atoms with Gasteiger partial charge in [-0.15, -0.1) is 5.10 Å². The fraction of sp³-hybridized carbons (Fsp3) is 0.261. The number of piperazine rings is 1. The van der Waals surface area contributed by atoms with Gasteiger partial charge in [-0.25, -0.2) is 14.6 Å². The second-order valence-electron chi connectivity index (χ2n) is 7.65. The Kier molecular flexibility index (Phi) is 5.03. The van der Waals surface area contributed by atoms with Gasteiger partial charge in [-0.1, -0.05) is 65.9 Å². The molecule has 0 aliphatic carbocycles. The molecule has 1 aliphatic rings. The van der Waals surface area contributed by atoms with E-state index in [-0.39, 0.29) is 11.8 Å². The molecule has 8 nitrogen and oxygen atoms in total. The third-order valence-corrected chi connectivity index (χ3v) is 5.77. The maximum Gasteiger partial charge on any atom is 0.234 e. The number of fused-ring (bicyclic) bond motifs is 1. The van der Waals surface area contributed by atoms with Gasteiger partial charge >= 0.3 is 0 Å². The molecule has 2 aromatic carbocycles. The monoisotopic (exact) mass is 413 g/mol. The normalized spacial score (nSPS) is 14.4. The number of hydrogen-bond acceptors (Lipinski definition) is 6. The van der Waals surface area contributed by atoms with Crippen LogP contribution in [0.5, 0.6) is 0 Å². The summed E-state index contributed by atoms with van der Waals surface area (Å²) in [5.74, 6) is 0.594. The van der Waals surface area contributed by atoms with Gasteiger partial charge < -0.3 is 9.80 Å². The highest BCUT2D eigenvalue weighted by Crippen LogP contribution is 2.28. The predicted molar refractivity (Wildman–Crippen MR) is 118 cm³/mol. The van der Waals surface area contributed by atoms with E-state index in [4.69, 9.17) is 0 Å². The van der Waals surface area contributed by atoms with Gasteiger partial charge in [-0.2, -0.15) is 0 Å². The van der Waals surface area contributed by atoms with E-state index in [1.54, 1.807) is 11.0 Å². The summed E-state index contributed by atoms with van der Waals surface area (Å²) in [6.45, 7) is 2.62. The smallest absolute Gasteiger partial charge is 0.234 e. The van der Waals surface area contributed by atoms with E-state index in [1.165, 1.54) is 0 Å². The first-order chi connectivity index (χ1) is 15.2. The first-order valence-corrected chi connectivity index (χ1v) is 10.4. The molecular formula is C23H23N7O. The van der Waals surface area contributed by atoms with Crippen LogP contribution in [0.15, 0.2) is 67.0 Å². The topological polar surface area (TPSA) is 80.0 Å². The molecule has 8 heteroatoms. The van der Waals surface area contributed by atoms with Crippen LogP contribution in [-0.2, 0) is 11.8 Å². The van der Waals surface area contributed by atoms with Crippen LogP contribution in [0.1, 0.15) is 17.0 Å². The predicted octanol–water partition coefficient (Wildman–Crippen LogP) is 2.24. The lowest BCUT2D eigenvalue weighted by molar-refractivity contribution is -0.132. The Bertz CT molecular complexity index is 1150. The maximum atomic E-state index is 13.6. The average Bonchev–Trinajstić information content (AvgIpc) is 3.22. The van der Waals surface area contributed by atoms with E-state index in [1.807, 2.05) is 72.6 Å². The van der Waals surface area contributed by atoms with Gasteiger partial charge in [-0.05, 0) is 11.1 Å². The van der Waals surface area contributed by atoms with Gasteiger partial charge in [-0.3, -0.25) is 4.79 Å². The zero-order valence-corrected chi connectivity index (χ0v) is 17.3. The van der Waals surface area contributed by atoms with Crippen molar-refractivity contribution < 1.29 is 4.79 Å². The van der Waals surface area contributed by atoms with Crippen LogP contribution in [0, 0.1) is 0 Å². The molecule has 2 aromatic heterocycles. The molecule has 4 aromatic rings. The highest BCUT2D eigenvalue weighted by Gasteiger charge is 2.30. The largest absolute Gasteiger partial charge is 0.351 e. The van der Waals surface area contributed by atoms with Crippen LogP contribution >= 0.6 is 0 Å². The van der Waals surface area contributed by atoms with E-state index < -0.39 is 0 Å². The molecule has 0 radical (unpaired) electrons. The molecule has 156 valence electrons. The van der Waals surface area contributed by atoms with Crippen LogP contribution in [0.3, 0.4) is 0 Å². The molecule has 5 rings (SSSR count). The molecule has 1 fully saturated rings. The molecule has 0 spiro atoms. The highest BCUT2D eigenvalue weighted by molar-refractivity contribution is 5.88. The zero-order chi connectivity index (χ0) is 21.2. The van der Waals surface area contributed by atoms with Crippen molar-refractivity contribution in [3.8, 4) is 0 Å². The molecule has 1 amide bonds. The lowest BCUT2D eigenvalue weighted by atomic mass is 9.90. The van der Waals surface area contributed by atoms with Gasteiger partial charge in [0.25, 0.3) is 0 Å². The second kappa shape index (κ2) is 8.14. The summed E-state index contributed by atoms with van der Waals surface area (Å²) in [5.41, 5.74) is 3.42. The summed E-state index contributed by atoms with van der Waals surface area (Å²) < 4.78 is 1.64. The van der Waals surface area contributed by atoms with Crippen molar-refractivity contribution in [3.05, 3.63) is 78.1 Å². The third-order valence-electron chi connectivity index (χ3n) is 5.77. The van der Waals surface area contributed by atoms with Gasteiger partial charge in [0.15, 0.2) is 17.0 Å². The van der Waals surface area contributed by atoms with E-state index in [0.29, 0.717) is 37.3 Å². The van der Waals surface area contributed by atoms with Crippen molar-refractivity contribution in [2.75, 3.05) is 31.1 Å². The molecule has 1 aliphatic heterocycles. The van der Waals surface area contributed by atoms with Gasteiger partial charge in [0, 0.05) is 33.2 Å². The van der Waals surface area contributed by atoms with Crippen LogP contribution in [-0.4, -0.2) is 61.9 Å². The van der Waals surface area contributed by atoms with Crippen LogP contribution in [0.4, 0.5) is 5.82 Å². The number of carbonyl (C=O) groups excluding carboxylic acids is 1. The molecule has 0 unspecified atom stereocenters. The number of anilines is 1. The molecular weight excluding hydrogens is 390 g/mol. The fourth-order valence-electron chi connectivity index (χ4n) is 4.16. The van der Waals surface area contributed by atoms with Crippen molar-refractivity contribution in [2.45, 2.75) is 5.92 Å². The minimum Gasteiger partial charge on any atom is -0.351 e. The van der Waals surface area contributed by atoms with Gasteiger partial charge in [0.2, 0.25) is 5.91 Å². The molecule has 3 heterocycles. The van der Waals surface area contributed by atoms with Crippen LogP contribution in [0.2, 0.25) is 0 Å². The number of amides is 1. The molecule has 31 heavy (non-hydrogen) atoms. The summed E-state index contributed by atoms with van der Waals surface area (Å²) in [6, 6.07) is 20.0. The van der Waals surface area contributed by atoms with Crippen LogP contribution in [0.25, 0.3) is 11.2 Å². The third kappa shape index (κ3) is 3.61. The summed E-state index contributed by atoms with van der Waals surface area (Å²) >= 11 is 0. The second-order valence-corrected chi connectivity index (χ2v) is 7.65. The Hall–Kier alpha value is -3.81. The number of nitrogens with zero attached hydrogens (tertiary/aromatic N) is 7. The van der Waals surface area contributed by atoms with Gasteiger partial charge in [0.1, 0.15) is 6.33 Å². The lowest BCUT2D eigenvalue weighted by Gasteiger charge is -2.37. The molecule has 0 saturated carbocycles. The van der Waals surface area contributed by atoms with Crippen molar-refractivity contribution in [2.24, 2.45) is 7.05 Å². The summed E-state index contributed by atoms with van der Waals surface area (Å²) in [6.07, 6.45) is 1.54.